The number of aromatic nitrogens is 1. The van der Waals surface area contributed by atoms with Crippen molar-refractivity contribution in [2.24, 2.45) is 0 Å². The zero-order chi connectivity index (χ0) is 14.7. The summed E-state index contributed by atoms with van der Waals surface area (Å²) in [4.78, 5) is 5.77. The average molecular weight is 317 g/mol. The third kappa shape index (κ3) is 3.20. The number of halogens is 1. The Hall–Kier alpha value is -1.58. The van der Waals surface area contributed by atoms with Crippen molar-refractivity contribution in [3.63, 3.8) is 0 Å². The number of rotatable bonds is 5. The minimum Gasteiger partial charge on any atom is -0.377 e. The van der Waals surface area contributed by atoms with Gasteiger partial charge in [0.1, 0.15) is 0 Å². The maximum absolute atomic E-state index is 6.05. The highest BCUT2D eigenvalue weighted by Crippen LogP contribution is 2.31. The van der Waals surface area contributed by atoms with Gasteiger partial charge in [-0.25, -0.2) is 0 Å². The van der Waals surface area contributed by atoms with Crippen LogP contribution < -0.4 is 5.32 Å². The zero-order valence-corrected chi connectivity index (χ0v) is 13.4. The first-order valence-electron chi connectivity index (χ1n) is 7.12. The molecule has 0 bridgehead atoms. The van der Waals surface area contributed by atoms with Crippen molar-refractivity contribution < 1.29 is 0 Å². The molecule has 2 nitrogen and oxygen atoms in total. The molecule has 3 rings (SSSR count). The number of anilines is 1. The van der Waals surface area contributed by atoms with Gasteiger partial charge < -0.3 is 5.32 Å². The van der Waals surface area contributed by atoms with Crippen LogP contribution in [0.3, 0.4) is 0 Å². The molecule has 0 aliphatic rings. The lowest BCUT2D eigenvalue weighted by atomic mass is 10.1. The molecule has 3 aromatic rings. The Morgan fingerprint density at radius 3 is 2.95 bits per heavy atom. The number of benzene rings is 1. The highest BCUT2D eigenvalue weighted by Gasteiger charge is 2.13. The van der Waals surface area contributed by atoms with E-state index < -0.39 is 0 Å². The minimum absolute atomic E-state index is 0.344. The average Bonchev–Trinajstić information content (AvgIpc) is 3.01. The van der Waals surface area contributed by atoms with E-state index in [4.69, 9.17) is 11.6 Å². The Balaban J connectivity index is 1.96. The highest BCUT2D eigenvalue weighted by atomic mass is 35.5. The van der Waals surface area contributed by atoms with E-state index in [9.17, 15) is 0 Å². The molecule has 0 radical (unpaired) electrons. The quantitative estimate of drug-likeness (QED) is 0.633. The molecular formula is C17H17ClN2S. The van der Waals surface area contributed by atoms with Crippen molar-refractivity contribution >= 4 is 39.5 Å². The third-order valence-corrected chi connectivity index (χ3v) is 4.72. The van der Waals surface area contributed by atoms with Gasteiger partial charge >= 0.3 is 0 Å². The number of thiophene rings is 1. The van der Waals surface area contributed by atoms with Gasteiger partial charge in [-0.1, -0.05) is 31.0 Å². The molecular weight excluding hydrogens is 300 g/mol. The second-order valence-electron chi connectivity index (χ2n) is 5.02. The second-order valence-corrected chi connectivity index (χ2v) is 6.44. The predicted octanol–water partition coefficient (Wildman–Crippen LogP) is 5.90. The number of nitrogens with zero attached hydrogens (tertiary/aromatic N) is 1. The second kappa shape index (κ2) is 6.46. The summed E-state index contributed by atoms with van der Waals surface area (Å²) in [5, 5.41) is 7.63. The van der Waals surface area contributed by atoms with Crippen LogP contribution in [0, 0.1) is 0 Å². The maximum atomic E-state index is 6.05. The largest absolute Gasteiger partial charge is 0.377 e. The lowest BCUT2D eigenvalue weighted by Crippen LogP contribution is -2.09. The van der Waals surface area contributed by atoms with Gasteiger partial charge in [-0.15, -0.1) is 11.3 Å². The first-order chi connectivity index (χ1) is 10.3. The monoisotopic (exact) mass is 316 g/mol. The maximum Gasteiger partial charge on any atom is 0.0737 e. The number of nitrogens with one attached hydrogen (secondary N) is 1. The first-order valence-corrected chi connectivity index (χ1v) is 8.38. The van der Waals surface area contributed by atoms with Gasteiger partial charge in [0.2, 0.25) is 0 Å². The fourth-order valence-electron chi connectivity index (χ4n) is 2.50. The fraction of sp³-hybridized carbons (Fsp3) is 0.235. The van der Waals surface area contributed by atoms with E-state index in [1.807, 2.05) is 30.5 Å². The Labute approximate surface area is 133 Å². The molecule has 21 heavy (non-hydrogen) atoms. The van der Waals surface area contributed by atoms with Gasteiger partial charge in [0.15, 0.2) is 0 Å². The van der Waals surface area contributed by atoms with Crippen LogP contribution in [0.25, 0.3) is 10.9 Å². The van der Waals surface area contributed by atoms with E-state index in [2.05, 4.69) is 34.7 Å². The molecule has 108 valence electrons. The van der Waals surface area contributed by atoms with Crippen LogP contribution in [-0.4, -0.2) is 4.98 Å². The van der Waals surface area contributed by atoms with Gasteiger partial charge in [0.05, 0.1) is 11.6 Å². The Morgan fingerprint density at radius 2 is 2.19 bits per heavy atom. The van der Waals surface area contributed by atoms with Gasteiger partial charge in [-0.3, -0.25) is 4.98 Å². The molecule has 1 aromatic carbocycles. The summed E-state index contributed by atoms with van der Waals surface area (Å²) >= 11 is 7.85. The molecule has 4 heteroatoms. The van der Waals surface area contributed by atoms with Gasteiger partial charge in [-0.2, -0.15) is 0 Å². The fourth-order valence-corrected chi connectivity index (χ4v) is 3.48. The van der Waals surface area contributed by atoms with Crippen molar-refractivity contribution in [3.05, 3.63) is 57.9 Å². The summed E-state index contributed by atoms with van der Waals surface area (Å²) in [6, 6.07) is 12.5. The van der Waals surface area contributed by atoms with Crippen LogP contribution in [-0.2, 0) is 0 Å². The molecule has 0 aliphatic heterocycles. The van der Waals surface area contributed by atoms with Gasteiger partial charge in [-0.05, 0) is 42.1 Å². The number of pyridine rings is 1. The molecule has 1 unspecified atom stereocenters. The molecule has 0 spiro atoms. The van der Waals surface area contributed by atoms with Crippen molar-refractivity contribution in [2.45, 2.75) is 25.8 Å². The molecule has 0 saturated heterocycles. The normalized spacial score (nSPS) is 12.5. The van der Waals surface area contributed by atoms with E-state index >= 15 is 0 Å². The molecule has 1 N–H and O–H groups in total. The molecule has 0 aliphatic carbocycles. The Kier molecular flexibility index (Phi) is 4.42. The van der Waals surface area contributed by atoms with Crippen molar-refractivity contribution in [3.8, 4) is 0 Å². The van der Waals surface area contributed by atoms with E-state index in [1.54, 1.807) is 11.3 Å². The van der Waals surface area contributed by atoms with E-state index in [1.165, 1.54) is 4.88 Å². The molecule has 2 aromatic heterocycles. The van der Waals surface area contributed by atoms with Crippen LogP contribution in [0.1, 0.15) is 30.7 Å². The van der Waals surface area contributed by atoms with Gasteiger partial charge in [0, 0.05) is 27.2 Å². The minimum atomic E-state index is 0.344. The van der Waals surface area contributed by atoms with Crippen LogP contribution in [0.15, 0.2) is 48.0 Å². The van der Waals surface area contributed by atoms with Gasteiger partial charge in [0.25, 0.3) is 0 Å². The van der Waals surface area contributed by atoms with Crippen molar-refractivity contribution in [1.82, 2.24) is 4.98 Å². The lowest BCUT2D eigenvalue weighted by molar-refractivity contribution is 0.688. The molecule has 0 amide bonds. The zero-order valence-electron chi connectivity index (χ0n) is 11.8. The SMILES string of the molecule is CCCC(Nc1ccnc2cc(Cl)ccc12)c1cccs1. The number of fused-ring (bicyclic) bond motifs is 1. The van der Waals surface area contributed by atoms with Crippen molar-refractivity contribution in [1.29, 1.82) is 0 Å². The summed E-state index contributed by atoms with van der Waals surface area (Å²) in [6.45, 7) is 2.21. The summed E-state index contributed by atoms with van der Waals surface area (Å²) in [7, 11) is 0. The molecule has 0 saturated carbocycles. The van der Waals surface area contributed by atoms with Crippen LogP contribution >= 0.6 is 22.9 Å². The van der Waals surface area contributed by atoms with Crippen LogP contribution in [0.2, 0.25) is 5.02 Å². The Bertz CT molecular complexity index is 725. The van der Waals surface area contributed by atoms with E-state index in [0.717, 1.165) is 34.5 Å². The summed E-state index contributed by atoms with van der Waals surface area (Å²) in [5.74, 6) is 0. The lowest BCUT2D eigenvalue weighted by Gasteiger charge is -2.19. The summed E-state index contributed by atoms with van der Waals surface area (Å²) < 4.78 is 0. The molecule has 2 heterocycles. The molecule has 1 atom stereocenters. The van der Waals surface area contributed by atoms with Crippen LogP contribution in [0.4, 0.5) is 5.69 Å². The first kappa shape index (κ1) is 14.4. The summed E-state index contributed by atoms with van der Waals surface area (Å²) in [6.07, 6.45) is 4.08. The molecule has 0 fully saturated rings. The van der Waals surface area contributed by atoms with Crippen LogP contribution in [0.5, 0.6) is 0 Å². The summed E-state index contributed by atoms with van der Waals surface area (Å²) in [5.41, 5.74) is 2.04. The van der Waals surface area contributed by atoms with E-state index in [-0.39, 0.29) is 0 Å². The number of hydrogen-bond donors (Lipinski definition) is 1. The predicted molar refractivity (Wildman–Crippen MR) is 92.3 cm³/mol. The topological polar surface area (TPSA) is 24.9 Å². The van der Waals surface area contributed by atoms with E-state index in [0.29, 0.717) is 6.04 Å². The third-order valence-electron chi connectivity index (χ3n) is 3.50. The standard InChI is InChI=1S/C17H17ClN2S/c1-2-4-15(17-5-3-10-21-17)20-14-8-9-19-16-11-12(18)6-7-13(14)16/h3,5-11,15H,2,4H2,1H3,(H,19,20). The Morgan fingerprint density at radius 1 is 1.29 bits per heavy atom. The number of hydrogen-bond acceptors (Lipinski definition) is 3. The van der Waals surface area contributed by atoms with Crippen molar-refractivity contribution in [2.75, 3.05) is 5.32 Å². The smallest absolute Gasteiger partial charge is 0.0737 e. The highest BCUT2D eigenvalue weighted by molar-refractivity contribution is 7.10.